The van der Waals surface area contributed by atoms with Crippen LogP contribution in [0.5, 0.6) is 0 Å². The van der Waals surface area contributed by atoms with Gasteiger partial charge in [-0.2, -0.15) is 0 Å². The summed E-state index contributed by atoms with van der Waals surface area (Å²) in [5, 5.41) is 0. The molecule has 0 aromatic rings. The van der Waals surface area contributed by atoms with E-state index >= 15 is 0 Å². The third-order valence-corrected chi connectivity index (χ3v) is 11.9. The Morgan fingerprint density at radius 3 is 1.03 bits per heavy atom. The maximum absolute atomic E-state index is 6.61. The zero-order valence-corrected chi connectivity index (χ0v) is 22.2. The van der Waals surface area contributed by atoms with Crippen molar-refractivity contribution in [3.8, 4) is 0 Å². The van der Waals surface area contributed by atoms with E-state index in [0.29, 0.717) is 6.04 Å². The van der Waals surface area contributed by atoms with Gasteiger partial charge in [0.1, 0.15) is 0 Å². The van der Waals surface area contributed by atoms with E-state index in [-0.39, 0.29) is 0 Å². The lowest BCUT2D eigenvalue weighted by atomic mass is 9.82. The van der Waals surface area contributed by atoms with Crippen LogP contribution in [0.3, 0.4) is 0 Å². The maximum atomic E-state index is 6.61. The van der Waals surface area contributed by atoms with Gasteiger partial charge in [0.25, 0.3) is 0 Å². The second-order valence-electron chi connectivity index (χ2n) is 14.1. The van der Waals surface area contributed by atoms with E-state index in [4.69, 9.17) is 5.73 Å². The summed E-state index contributed by atoms with van der Waals surface area (Å²) >= 11 is 0. The van der Waals surface area contributed by atoms with Gasteiger partial charge in [0.15, 0.2) is 0 Å². The average molecular weight is 456 g/mol. The SMILES string of the molecule is CCC1CC2CCCCC2C1.NC(CC1CC2CCCCC2C1)CC1CC2CCCCC2C1. The summed E-state index contributed by atoms with van der Waals surface area (Å²) in [5.41, 5.74) is 6.61. The van der Waals surface area contributed by atoms with Crippen LogP contribution < -0.4 is 5.73 Å². The van der Waals surface area contributed by atoms with Crippen molar-refractivity contribution in [2.75, 3.05) is 0 Å². The van der Waals surface area contributed by atoms with E-state index in [9.17, 15) is 0 Å². The molecule has 0 bridgehead atoms. The van der Waals surface area contributed by atoms with E-state index in [0.717, 1.165) is 53.3 Å². The standard InChI is InChI=1S/C21H37N.C11H20/c22-21(13-15-9-17-5-1-2-6-18(17)10-15)14-16-11-19-7-3-4-8-20(19)12-16;1-2-9-7-10-5-3-4-6-11(10)8-9/h15-21H,1-14,22H2;9-11H,2-8H2,1H3. The fourth-order valence-electron chi connectivity index (χ4n) is 10.2. The Morgan fingerprint density at radius 2 is 0.758 bits per heavy atom. The molecule has 6 unspecified atom stereocenters. The molecule has 0 saturated heterocycles. The molecule has 0 spiro atoms. The molecule has 33 heavy (non-hydrogen) atoms. The molecular formula is C32H57N. The van der Waals surface area contributed by atoms with Crippen LogP contribution in [0.15, 0.2) is 0 Å². The van der Waals surface area contributed by atoms with E-state index < -0.39 is 0 Å². The van der Waals surface area contributed by atoms with E-state index in [1.807, 2.05) is 0 Å². The predicted octanol–water partition coefficient (Wildman–Crippen LogP) is 9.14. The number of fused-ring (bicyclic) bond motifs is 3. The average Bonchev–Trinajstić information content (AvgIpc) is 3.54. The maximum Gasteiger partial charge on any atom is 0.00441 e. The summed E-state index contributed by atoms with van der Waals surface area (Å²) < 4.78 is 0. The van der Waals surface area contributed by atoms with Crippen molar-refractivity contribution in [3.63, 3.8) is 0 Å². The highest BCUT2D eigenvalue weighted by molar-refractivity contribution is 4.91. The molecule has 6 saturated carbocycles. The van der Waals surface area contributed by atoms with Crippen LogP contribution in [0, 0.1) is 53.3 Å². The minimum atomic E-state index is 0.510. The zero-order valence-electron chi connectivity index (χ0n) is 22.2. The Hall–Kier alpha value is -0.0400. The molecule has 0 heterocycles. The molecule has 0 aliphatic heterocycles. The second kappa shape index (κ2) is 11.8. The van der Waals surface area contributed by atoms with Crippen LogP contribution in [-0.4, -0.2) is 6.04 Å². The van der Waals surface area contributed by atoms with Crippen molar-refractivity contribution in [1.82, 2.24) is 0 Å². The third kappa shape index (κ3) is 6.40. The van der Waals surface area contributed by atoms with Gasteiger partial charge in [0.05, 0.1) is 0 Å². The van der Waals surface area contributed by atoms with Gasteiger partial charge in [0.2, 0.25) is 0 Å². The topological polar surface area (TPSA) is 26.0 Å². The Balaban J connectivity index is 0.000000174. The first-order valence-electron chi connectivity index (χ1n) is 15.9. The van der Waals surface area contributed by atoms with E-state index in [2.05, 4.69) is 6.92 Å². The van der Waals surface area contributed by atoms with Gasteiger partial charge < -0.3 is 5.73 Å². The largest absolute Gasteiger partial charge is 0.328 e. The van der Waals surface area contributed by atoms with Crippen molar-refractivity contribution < 1.29 is 0 Å². The summed E-state index contributed by atoms with van der Waals surface area (Å²) in [6, 6.07) is 0.510. The van der Waals surface area contributed by atoms with Gasteiger partial charge in [-0.05, 0) is 105 Å². The van der Waals surface area contributed by atoms with Gasteiger partial charge in [-0.25, -0.2) is 0 Å². The second-order valence-corrected chi connectivity index (χ2v) is 14.1. The number of rotatable bonds is 5. The lowest BCUT2D eigenvalue weighted by molar-refractivity contribution is 0.277. The van der Waals surface area contributed by atoms with Gasteiger partial charge in [-0.3, -0.25) is 0 Å². The molecule has 6 aliphatic rings. The minimum absolute atomic E-state index is 0.510. The number of nitrogens with two attached hydrogens (primary N) is 1. The molecule has 6 fully saturated rings. The summed E-state index contributed by atoms with van der Waals surface area (Å²) in [6.45, 7) is 2.36. The first kappa shape index (κ1) is 24.6. The lowest BCUT2D eigenvalue weighted by Gasteiger charge is -2.24. The molecule has 2 N–H and O–H groups in total. The van der Waals surface area contributed by atoms with E-state index in [1.165, 1.54) is 109 Å². The molecule has 6 aliphatic carbocycles. The highest BCUT2D eigenvalue weighted by Gasteiger charge is 2.38. The summed E-state index contributed by atoms with van der Waals surface area (Å²) in [4.78, 5) is 0. The molecule has 1 heteroatoms. The van der Waals surface area contributed by atoms with Crippen molar-refractivity contribution in [1.29, 1.82) is 0 Å². The van der Waals surface area contributed by atoms with Gasteiger partial charge in [0, 0.05) is 6.04 Å². The first-order chi connectivity index (χ1) is 16.2. The minimum Gasteiger partial charge on any atom is -0.328 e. The zero-order chi connectivity index (χ0) is 22.6. The Kier molecular flexibility index (Phi) is 8.81. The lowest BCUT2D eigenvalue weighted by Crippen LogP contribution is -2.25. The van der Waals surface area contributed by atoms with Crippen LogP contribution in [0.1, 0.15) is 142 Å². The van der Waals surface area contributed by atoms with Crippen LogP contribution in [0.2, 0.25) is 0 Å². The molecule has 0 aromatic heterocycles. The van der Waals surface area contributed by atoms with Crippen LogP contribution in [0.25, 0.3) is 0 Å². The Morgan fingerprint density at radius 1 is 0.485 bits per heavy atom. The molecule has 6 atom stereocenters. The number of hydrogen-bond acceptors (Lipinski definition) is 1. The molecule has 1 nitrogen and oxygen atoms in total. The van der Waals surface area contributed by atoms with Gasteiger partial charge in [-0.15, -0.1) is 0 Å². The van der Waals surface area contributed by atoms with Gasteiger partial charge >= 0.3 is 0 Å². The van der Waals surface area contributed by atoms with Crippen molar-refractivity contribution in [3.05, 3.63) is 0 Å². The summed E-state index contributed by atoms with van der Waals surface area (Å²) in [7, 11) is 0. The Labute approximate surface area is 206 Å². The highest BCUT2D eigenvalue weighted by atomic mass is 14.6. The highest BCUT2D eigenvalue weighted by Crippen LogP contribution is 2.49. The first-order valence-corrected chi connectivity index (χ1v) is 15.9. The van der Waals surface area contributed by atoms with Crippen LogP contribution >= 0.6 is 0 Å². The molecule has 0 amide bonds. The van der Waals surface area contributed by atoms with Gasteiger partial charge in [-0.1, -0.05) is 90.4 Å². The monoisotopic (exact) mass is 455 g/mol. The van der Waals surface area contributed by atoms with Crippen molar-refractivity contribution >= 4 is 0 Å². The quantitative estimate of drug-likeness (QED) is 0.439. The third-order valence-electron chi connectivity index (χ3n) is 11.9. The van der Waals surface area contributed by atoms with Crippen molar-refractivity contribution in [2.45, 2.75) is 148 Å². The Bertz CT molecular complexity index is 509. The predicted molar refractivity (Wildman–Crippen MR) is 142 cm³/mol. The molecule has 190 valence electrons. The fourth-order valence-corrected chi connectivity index (χ4v) is 10.2. The van der Waals surface area contributed by atoms with Crippen LogP contribution in [0.4, 0.5) is 0 Å². The molecular weight excluding hydrogens is 398 g/mol. The number of hydrogen-bond donors (Lipinski definition) is 1. The van der Waals surface area contributed by atoms with Crippen LogP contribution in [-0.2, 0) is 0 Å². The fraction of sp³-hybridized carbons (Fsp3) is 1.00. The molecule has 6 rings (SSSR count). The smallest absolute Gasteiger partial charge is 0.00441 e. The molecule has 0 aromatic carbocycles. The summed E-state index contributed by atoms with van der Waals surface area (Å²) in [5.74, 6) is 9.69. The van der Waals surface area contributed by atoms with Crippen molar-refractivity contribution in [2.24, 2.45) is 59.0 Å². The molecule has 0 radical (unpaired) electrons. The normalized spacial score (nSPS) is 45.5. The van der Waals surface area contributed by atoms with E-state index in [1.54, 1.807) is 25.7 Å². The summed E-state index contributed by atoms with van der Waals surface area (Å²) in [6.07, 6.45) is 31.7.